The van der Waals surface area contributed by atoms with E-state index in [1.807, 2.05) is 0 Å². The maximum absolute atomic E-state index is 13.1. The Balaban J connectivity index is 1.57. The van der Waals surface area contributed by atoms with E-state index in [1.165, 1.54) is 18.2 Å². The summed E-state index contributed by atoms with van der Waals surface area (Å²) in [5.41, 5.74) is 7.94. The van der Waals surface area contributed by atoms with E-state index in [0.717, 1.165) is 18.2 Å². The number of aliphatic hydroxyl groups is 1. The molecule has 7 nitrogen and oxygen atoms in total. The normalized spacial score (nSPS) is 15.9. The largest absolute Gasteiger partial charge is 0.573 e. The van der Waals surface area contributed by atoms with Crippen LogP contribution in [0.25, 0.3) is 10.9 Å². The Morgan fingerprint density at radius 3 is 2.71 bits per heavy atom. The van der Waals surface area contributed by atoms with E-state index < -0.39 is 18.4 Å². The Morgan fingerprint density at radius 1 is 1.21 bits per heavy atom. The minimum atomic E-state index is -4.80. The van der Waals surface area contributed by atoms with Gasteiger partial charge >= 0.3 is 6.36 Å². The van der Waals surface area contributed by atoms with Gasteiger partial charge in [0.2, 0.25) is 0 Å². The lowest BCUT2D eigenvalue weighted by atomic mass is 9.94. The molecule has 1 unspecified atom stereocenters. The molecule has 2 aromatic carbocycles. The van der Waals surface area contributed by atoms with Crippen molar-refractivity contribution in [3.8, 4) is 5.75 Å². The highest BCUT2D eigenvalue weighted by Crippen LogP contribution is 2.27. The predicted molar refractivity (Wildman–Crippen MR) is 120 cm³/mol. The van der Waals surface area contributed by atoms with Crippen LogP contribution in [0.4, 0.5) is 18.9 Å². The van der Waals surface area contributed by atoms with Crippen molar-refractivity contribution in [2.75, 3.05) is 25.5 Å². The van der Waals surface area contributed by atoms with Gasteiger partial charge in [0, 0.05) is 42.9 Å². The Bertz CT molecular complexity index is 1160. The number of hydrogen-bond donors (Lipinski definition) is 3. The Kier molecular flexibility index (Phi) is 6.99. The molecule has 1 aromatic heterocycles. The Labute approximate surface area is 194 Å². The molecule has 1 aliphatic rings. The number of nitrogens with zero attached hydrogens (tertiary/aromatic N) is 1. The number of benzene rings is 2. The lowest BCUT2D eigenvalue weighted by molar-refractivity contribution is -0.274. The molecule has 182 valence electrons. The van der Waals surface area contributed by atoms with E-state index in [0.29, 0.717) is 35.7 Å². The van der Waals surface area contributed by atoms with Crippen LogP contribution in [0.15, 0.2) is 48.5 Å². The van der Waals surface area contributed by atoms with Crippen molar-refractivity contribution in [3.05, 3.63) is 59.8 Å². The molecule has 1 saturated heterocycles. The predicted octanol–water partition coefficient (Wildman–Crippen LogP) is 3.69. The van der Waals surface area contributed by atoms with Gasteiger partial charge in [-0.1, -0.05) is 12.1 Å². The molecule has 0 saturated carbocycles. The number of anilines is 1. The fraction of sp³-hybridized carbons (Fsp3) is 0.375. The van der Waals surface area contributed by atoms with Crippen molar-refractivity contribution in [1.82, 2.24) is 9.88 Å². The number of nitrogens with one attached hydrogen (secondary N) is 1. The zero-order valence-corrected chi connectivity index (χ0v) is 18.3. The van der Waals surface area contributed by atoms with Crippen LogP contribution in [0.3, 0.4) is 0 Å². The number of nitrogens with two attached hydrogens (primary N) is 1. The van der Waals surface area contributed by atoms with Gasteiger partial charge in [0.15, 0.2) is 0 Å². The summed E-state index contributed by atoms with van der Waals surface area (Å²) in [4.78, 5) is 13.1. The third kappa shape index (κ3) is 5.81. The van der Waals surface area contributed by atoms with E-state index in [2.05, 4.69) is 10.1 Å². The summed E-state index contributed by atoms with van der Waals surface area (Å²) in [7, 11) is 0. The van der Waals surface area contributed by atoms with Crippen LogP contribution in [-0.2, 0) is 11.3 Å². The van der Waals surface area contributed by atoms with Crippen molar-refractivity contribution in [2.24, 2.45) is 5.92 Å². The zero-order chi connectivity index (χ0) is 24.3. The fourth-order valence-electron chi connectivity index (χ4n) is 4.23. The third-order valence-electron chi connectivity index (χ3n) is 5.91. The van der Waals surface area contributed by atoms with Gasteiger partial charge in [-0.05, 0) is 60.7 Å². The summed E-state index contributed by atoms with van der Waals surface area (Å²) in [6.07, 6.45) is -4.04. The van der Waals surface area contributed by atoms with Gasteiger partial charge in [0.05, 0.1) is 6.10 Å². The summed E-state index contributed by atoms with van der Waals surface area (Å²) in [6.45, 7) is 1.39. The van der Waals surface area contributed by atoms with Crippen molar-refractivity contribution < 1.29 is 32.5 Å². The van der Waals surface area contributed by atoms with Gasteiger partial charge in [-0.3, -0.25) is 4.79 Å². The van der Waals surface area contributed by atoms with Crippen LogP contribution in [0.5, 0.6) is 5.75 Å². The number of aliphatic hydroxyl groups excluding tert-OH is 1. The Morgan fingerprint density at radius 2 is 1.97 bits per heavy atom. The lowest BCUT2D eigenvalue weighted by Crippen LogP contribution is -2.39. The first kappa shape index (κ1) is 23.9. The van der Waals surface area contributed by atoms with Gasteiger partial charge in [-0.2, -0.15) is 0 Å². The average molecular weight is 477 g/mol. The number of amides is 1. The quantitative estimate of drug-likeness (QED) is 0.451. The number of nitrogen functional groups attached to an aromatic ring is 1. The fourth-order valence-corrected chi connectivity index (χ4v) is 4.23. The molecule has 0 bridgehead atoms. The SMILES string of the molecule is Nc1ccc2c(c1)cc(C(=O)NCC(O)C1CCOCC1)n2Cc1cccc(OC(F)(F)F)c1. The number of aromatic nitrogens is 1. The zero-order valence-electron chi connectivity index (χ0n) is 18.3. The number of fused-ring (bicyclic) bond motifs is 1. The highest BCUT2D eigenvalue weighted by atomic mass is 19.4. The number of halogens is 3. The molecule has 1 fully saturated rings. The van der Waals surface area contributed by atoms with E-state index in [4.69, 9.17) is 10.5 Å². The molecule has 4 rings (SSSR count). The summed E-state index contributed by atoms with van der Waals surface area (Å²) < 4.78 is 48.9. The number of rotatable bonds is 7. The average Bonchev–Trinajstić information content (AvgIpc) is 3.14. The summed E-state index contributed by atoms with van der Waals surface area (Å²) in [5, 5.41) is 14.0. The second-order valence-corrected chi connectivity index (χ2v) is 8.36. The minimum absolute atomic E-state index is 0.0519. The number of carbonyl (C=O) groups excluding carboxylic acids is 1. The highest BCUT2D eigenvalue weighted by Gasteiger charge is 2.31. The molecular formula is C24H26F3N3O4. The van der Waals surface area contributed by atoms with Gasteiger partial charge in [-0.25, -0.2) is 0 Å². The summed E-state index contributed by atoms with van der Waals surface area (Å²) in [5.74, 6) is -0.684. The van der Waals surface area contributed by atoms with Crippen LogP contribution < -0.4 is 15.8 Å². The first-order chi connectivity index (χ1) is 16.2. The number of carbonyl (C=O) groups is 1. The lowest BCUT2D eigenvalue weighted by Gasteiger charge is -2.26. The molecule has 34 heavy (non-hydrogen) atoms. The van der Waals surface area contributed by atoms with E-state index in [-0.39, 0.29) is 24.8 Å². The molecule has 0 radical (unpaired) electrons. The monoisotopic (exact) mass is 477 g/mol. The number of alkyl halides is 3. The summed E-state index contributed by atoms with van der Waals surface area (Å²) in [6, 6.07) is 12.5. The van der Waals surface area contributed by atoms with Gasteiger partial charge in [0.25, 0.3) is 5.91 Å². The highest BCUT2D eigenvalue weighted by molar-refractivity contribution is 5.99. The number of ether oxygens (including phenoxy) is 2. The van der Waals surface area contributed by atoms with Gasteiger partial charge in [0.1, 0.15) is 11.4 Å². The minimum Gasteiger partial charge on any atom is -0.406 e. The summed E-state index contributed by atoms with van der Waals surface area (Å²) >= 11 is 0. The molecule has 10 heteroatoms. The van der Waals surface area contributed by atoms with Crippen molar-refractivity contribution >= 4 is 22.5 Å². The molecule has 0 aliphatic carbocycles. The standard InChI is InChI=1S/C24H26F3N3O4/c25-24(26,27)34-19-3-1-2-15(10-19)14-30-20-5-4-18(28)11-17(20)12-21(30)23(32)29-13-22(31)16-6-8-33-9-7-16/h1-5,10-12,16,22,31H,6-9,13-14,28H2,(H,29,32). The van der Waals surface area contributed by atoms with Crippen LogP contribution in [-0.4, -0.2) is 47.8 Å². The van der Waals surface area contributed by atoms with Crippen LogP contribution in [0.1, 0.15) is 28.9 Å². The maximum atomic E-state index is 13.1. The first-order valence-electron chi connectivity index (χ1n) is 11.0. The Hall–Kier alpha value is -3.24. The number of hydrogen-bond acceptors (Lipinski definition) is 5. The van der Waals surface area contributed by atoms with Gasteiger partial charge in [-0.15, -0.1) is 13.2 Å². The second kappa shape index (κ2) is 9.94. The molecule has 1 amide bonds. The topological polar surface area (TPSA) is 98.7 Å². The van der Waals surface area contributed by atoms with Gasteiger partial charge < -0.3 is 30.2 Å². The van der Waals surface area contributed by atoms with Crippen LogP contribution in [0, 0.1) is 5.92 Å². The molecule has 1 atom stereocenters. The smallest absolute Gasteiger partial charge is 0.406 e. The molecule has 2 heterocycles. The molecular weight excluding hydrogens is 451 g/mol. The molecule has 1 aliphatic heterocycles. The van der Waals surface area contributed by atoms with E-state index in [9.17, 15) is 23.1 Å². The first-order valence-corrected chi connectivity index (χ1v) is 11.0. The molecule has 0 spiro atoms. The van der Waals surface area contributed by atoms with Crippen LogP contribution in [0.2, 0.25) is 0 Å². The maximum Gasteiger partial charge on any atom is 0.573 e. The van der Waals surface area contributed by atoms with E-state index >= 15 is 0 Å². The van der Waals surface area contributed by atoms with Crippen LogP contribution >= 0.6 is 0 Å². The van der Waals surface area contributed by atoms with Crippen molar-refractivity contribution in [1.29, 1.82) is 0 Å². The third-order valence-corrected chi connectivity index (χ3v) is 5.91. The van der Waals surface area contributed by atoms with Crippen molar-refractivity contribution in [2.45, 2.75) is 31.9 Å². The van der Waals surface area contributed by atoms with Crippen molar-refractivity contribution in [3.63, 3.8) is 0 Å². The molecule has 3 aromatic rings. The molecule has 4 N–H and O–H groups in total. The second-order valence-electron chi connectivity index (χ2n) is 8.36. The van der Waals surface area contributed by atoms with E-state index in [1.54, 1.807) is 34.9 Å².